The highest BCUT2D eigenvalue weighted by Gasteiger charge is 2.43. The van der Waals surface area contributed by atoms with Gasteiger partial charge in [-0.25, -0.2) is 0 Å². The highest BCUT2D eigenvalue weighted by molar-refractivity contribution is 6.05. The van der Waals surface area contributed by atoms with Crippen molar-refractivity contribution in [2.75, 3.05) is 11.9 Å². The Morgan fingerprint density at radius 3 is 2.74 bits per heavy atom. The summed E-state index contributed by atoms with van der Waals surface area (Å²) in [5, 5.41) is 21.2. The van der Waals surface area contributed by atoms with Crippen molar-refractivity contribution in [3.05, 3.63) is 71.6 Å². The van der Waals surface area contributed by atoms with Gasteiger partial charge in [0.1, 0.15) is 17.8 Å². The molecule has 3 heterocycles. The molecule has 0 aliphatic carbocycles. The van der Waals surface area contributed by atoms with Crippen LogP contribution < -0.4 is 5.32 Å². The van der Waals surface area contributed by atoms with Crippen molar-refractivity contribution < 1.29 is 14.7 Å². The van der Waals surface area contributed by atoms with Crippen LogP contribution in [0.4, 0.5) is 5.69 Å². The Hall–Kier alpha value is -3.59. The molecule has 1 saturated heterocycles. The van der Waals surface area contributed by atoms with E-state index in [0.29, 0.717) is 24.2 Å². The average molecular weight is 463 g/mol. The largest absolute Gasteiger partial charge is 0.391 e. The van der Waals surface area contributed by atoms with Crippen molar-refractivity contribution in [3.63, 3.8) is 0 Å². The quantitative estimate of drug-likeness (QED) is 0.582. The van der Waals surface area contributed by atoms with Crippen LogP contribution in [-0.2, 0) is 13.5 Å². The van der Waals surface area contributed by atoms with Crippen LogP contribution in [0.2, 0.25) is 0 Å². The number of aryl methyl sites for hydroxylation is 1. The molecule has 1 aliphatic rings. The van der Waals surface area contributed by atoms with E-state index in [2.05, 4.69) is 27.4 Å². The van der Waals surface area contributed by atoms with Gasteiger partial charge in [-0.3, -0.25) is 14.6 Å². The fourth-order valence-corrected chi connectivity index (χ4v) is 4.28. The van der Waals surface area contributed by atoms with E-state index in [-0.39, 0.29) is 17.5 Å². The lowest BCUT2D eigenvalue weighted by Gasteiger charge is -2.33. The standard InChI is InChI=1S/C25H30N6O3/c1-16(12-22-29-27-15-30(22)4)17-6-5-7-19(13-17)28-23(33)20-14-18(8-10-26-20)24(34)31-11-9-21(32)25(31,2)3/h5-8,10,13-16,21,32H,9,11-12H2,1-4H3,(H,28,33). The molecular formula is C25H30N6O3. The SMILES string of the molecule is CC(Cc1nncn1C)c1cccc(NC(=O)c2cc(C(=O)N3CCC(O)C3(C)C)ccn2)c1. The van der Waals surface area contributed by atoms with Gasteiger partial charge in [-0.05, 0) is 56.0 Å². The first kappa shape index (κ1) is 23.6. The average Bonchev–Trinajstić information content (AvgIpc) is 3.34. The van der Waals surface area contributed by atoms with Gasteiger partial charge in [0, 0.05) is 37.5 Å². The van der Waals surface area contributed by atoms with Gasteiger partial charge < -0.3 is 19.9 Å². The van der Waals surface area contributed by atoms with Crippen LogP contribution in [0.1, 0.15) is 65.3 Å². The third-order valence-electron chi connectivity index (χ3n) is 6.63. The monoisotopic (exact) mass is 462 g/mol. The summed E-state index contributed by atoms with van der Waals surface area (Å²) in [6, 6.07) is 10.8. The van der Waals surface area contributed by atoms with Gasteiger partial charge in [0.15, 0.2) is 0 Å². The Bertz CT molecular complexity index is 1200. The molecule has 2 aromatic heterocycles. The number of aliphatic hydroxyl groups excluding tert-OH is 1. The second kappa shape index (κ2) is 9.34. The number of nitrogens with one attached hydrogen (secondary N) is 1. The van der Waals surface area contributed by atoms with E-state index >= 15 is 0 Å². The van der Waals surface area contributed by atoms with Crippen LogP contribution in [0, 0.1) is 0 Å². The Morgan fingerprint density at radius 2 is 2.06 bits per heavy atom. The molecule has 2 amide bonds. The molecule has 178 valence electrons. The zero-order chi connectivity index (χ0) is 24.5. The van der Waals surface area contributed by atoms with E-state index < -0.39 is 17.6 Å². The number of carbonyl (C=O) groups excluding carboxylic acids is 2. The number of pyridine rings is 1. The highest BCUT2D eigenvalue weighted by atomic mass is 16.3. The van der Waals surface area contributed by atoms with Gasteiger partial charge in [-0.15, -0.1) is 10.2 Å². The van der Waals surface area contributed by atoms with Crippen molar-refractivity contribution >= 4 is 17.5 Å². The smallest absolute Gasteiger partial charge is 0.274 e. The number of amides is 2. The molecule has 34 heavy (non-hydrogen) atoms. The number of carbonyl (C=O) groups is 2. The van der Waals surface area contributed by atoms with Gasteiger partial charge in [0.2, 0.25) is 0 Å². The number of rotatable bonds is 6. The minimum atomic E-state index is -0.662. The molecule has 2 unspecified atom stereocenters. The van der Waals surface area contributed by atoms with E-state index in [1.54, 1.807) is 17.3 Å². The first-order valence-corrected chi connectivity index (χ1v) is 11.4. The number of anilines is 1. The van der Waals surface area contributed by atoms with Gasteiger partial charge >= 0.3 is 0 Å². The summed E-state index contributed by atoms with van der Waals surface area (Å²) in [7, 11) is 1.91. The number of nitrogens with zero attached hydrogens (tertiary/aromatic N) is 5. The minimum absolute atomic E-state index is 0.154. The molecule has 2 atom stereocenters. The summed E-state index contributed by atoms with van der Waals surface area (Å²) >= 11 is 0. The van der Waals surface area contributed by atoms with Gasteiger partial charge in [0.25, 0.3) is 11.8 Å². The van der Waals surface area contributed by atoms with Crippen LogP contribution in [0.3, 0.4) is 0 Å². The summed E-state index contributed by atoms with van der Waals surface area (Å²) in [5.41, 5.74) is 1.57. The first-order chi connectivity index (χ1) is 16.2. The summed E-state index contributed by atoms with van der Waals surface area (Å²) in [6.07, 6.45) is 3.81. The van der Waals surface area contributed by atoms with Crippen molar-refractivity contribution in [2.24, 2.45) is 7.05 Å². The minimum Gasteiger partial charge on any atom is -0.391 e. The molecule has 1 aliphatic heterocycles. The second-order valence-corrected chi connectivity index (χ2v) is 9.39. The number of hydrogen-bond donors (Lipinski definition) is 2. The van der Waals surface area contributed by atoms with E-state index in [1.807, 2.05) is 49.7 Å². The molecule has 1 fully saturated rings. The predicted octanol–water partition coefficient (Wildman–Crippen LogP) is 2.79. The van der Waals surface area contributed by atoms with Crippen LogP contribution >= 0.6 is 0 Å². The predicted molar refractivity (Wildman–Crippen MR) is 127 cm³/mol. The third-order valence-corrected chi connectivity index (χ3v) is 6.63. The molecule has 4 rings (SSSR count). The van der Waals surface area contributed by atoms with Crippen molar-refractivity contribution in [2.45, 2.75) is 51.2 Å². The van der Waals surface area contributed by atoms with E-state index in [1.165, 1.54) is 12.3 Å². The lowest BCUT2D eigenvalue weighted by molar-refractivity contribution is 0.0394. The molecule has 0 radical (unpaired) electrons. The lowest BCUT2D eigenvalue weighted by Crippen LogP contribution is -2.48. The Labute approximate surface area is 198 Å². The molecule has 9 nitrogen and oxygen atoms in total. The van der Waals surface area contributed by atoms with Gasteiger partial charge in [0.05, 0.1) is 11.6 Å². The Morgan fingerprint density at radius 1 is 1.26 bits per heavy atom. The molecule has 1 aromatic carbocycles. The number of aromatic nitrogens is 4. The van der Waals surface area contributed by atoms with Crippen LogP contribution in [0.25, 0.3) is 0 Å². The number of hydrogen-bond acceptors (Lipinski definition) is 6. The molecule has 0 spiro atoms. The summed E-state index contributed by atoms with van der Waals surface area (Å²) in [6.45, 7) is 6.25. The topological polar surface area (TPSA) is 113 Å². The van der Waals surface area contributed by atoms with Crippen LogP contribution in [0.15, 0.2) is 48.9 Å². The summed E-state index contributed by atoms with van der Waals surface area (Å²) < 4.78 is 1.89. The fourth-order valence-electron chi connectivity index (χ4n) is 4.28. The van der Waals surface area contributed by atoms with Gasteiger partial charge in [-0.1, -0.05) is 19.1 Å². The second-order valence-electron chi connectivity index (χ2n) is 9.39. The molecule has 0 bridgehead atoms. The van der Waals surface area contributed by atoms with Crippen LogP contribution in [-0.4, -0.2) is 59.8 Å². The zero-order valence-corrected chi connectivity index (χ0v) is 19.9. The van der Waals surface area contributed by atoms with E-state index in [0.717, 1.165) is 17.8 Å². The first-order valence-electron chi connectivity index (χ1n) is 11.4. The molecule has 0 saturated carbocycles. The maximum Gasteiger partial charge on any atom is 0.274 e. The molecule has 9 heteroatoms. The van der Waals surface area contributed by atoms with Crippen molar-refractivity contribution in [3.8, 4) is 0 Å². The number of aliphatic hydroxyl groups is 1. The maximum absolute atomic E-state index is 13.1. The summed E-state index contributed by atoms with van der Waals surface area (Å²) in [4.78, 5) is 31.8. The third kappa shape index (κ3) is 4.70. The Balaban J connectivity index is 1.47. The molecule has 3 aromatic rings. The zero-order valence-electron chi connectivity index (χ0n) is 19.9. The summed E-state index contributed by atoms with van der Waals surface area (Å²) in [5.74, 6) is 0.449. The van der Waals surface area contributed by atoms with Crippen molar-refractivity contribution in [1.82, 2.24) is 24.6 Å². The molecular weight excluding hydrogens is 432 g/mol. The number of likely N-dealkylation sites (tertiary alicyclic amines) is 1. The van der Waals surface area contributed by atoms with E-state index in [9.17, 15) is 14.7 Å². The van der Waals surface area contributed by atoms with Crippen molar-refractivity contribution in [1.29, 1.82) is 0 Å². The van der Waals surface area contributed by atoms with Crippen LogP contribution in [0.5, 0.6) is 0 Å². The van der Waals surface area contributed by atoms with E-state index in [4.69, 9.17) is 0 Å². The Kier molecular flexibility index (Phi) is 6.47. The number of benzene rings is 1. The normalized spacial score (nSPS) is 18.0. The maximum atomic E-state index is 13.1. The highest BCUT2D eigenvalue weighted by Crippen LogP contribution is 2.30. The molecule has 2 N–H and O–H groups in total. The van der Waals surface area contributed by atoms with Gasteiger partial charge in [-0.2, -0.15) is 0 Å². The fraction of sp³-hybridized carbons (Fsp3) is 0.400. The lowest BCUT2D eigenvalue weighted by atomic mass is 9.97.